The molecule has 0 amide bonds. The molecule has 0 heterocycles. The third-order valence-electron chi connectivity index (χ3n) is 3.21. The minimum atomic E-state index is -1.65. The van der Waals surface area contributed by atoms with Crippen molar-refractivity contribution in [3.05, 3.63) is 0 Å². The largest absolute Gasteiger partial charge is 0.330 e. The molecular weight excluding hydrogens is 186 g/mol. The summed E-state index contributed by atoms with van der Waals surface area (Å²) in [6, 6.07) is 0. The van der Waals surface area contributed by atoms with Gasteiger partial charge >= 0.3 is 0 Å². The van der Waals surface area contributed by atoms with Gasteiger partial charge in [0.15, 0.2) is 11.1 Å². The van der Waals surface area contributed by atoms with Gasteiger partial charge < -0.3 is 10.3 Å². The lowest BCUT2D eigenvalue weighted by atomic mass is 9.81. The summed E-state index contributed by atoms with van der Waals surface area (Å²) < 4.78 is 19.8. The Hall–Kier alpha value is 0.0700. The van der Waals surface area contributed by atoms with Crippen LogP contribution in [0.1, 0.15) is 32.6 Å². The van der Waals surface area contributed by atoms with Gasteiger partial charge in [0, 0.05) is 0 Å². The van der Waals surface area contributed by atoms with Gasteiger partial charge in [0.2, 0.25) is 0 Å². The van der Waals surface area contributed by atoms with Gasteiger partial charge in [0.05, 0.1) is 5.25 Å². The van der Waals surface area contributed by atoms with Crippen LogP contribution in [0.3, 0.4) is 0 Å². The van der Waals surface area contributed by atoms with E-state index in [9.17, 15) is 4.21 Å². The van der Waals surface area contributed by atoms with Gasteiger partial charge in [0.25, 0.3) is 0 Å². The first-order valence-electron chi connectivity index (χ1n) is 4.95. The van der Waals surface area contributed by atoms with E-state index < -0.39 is 11.1 Å². The second-order valence-electron chi connectivity index (χ2n) is 4.00. The van der Waals surface area contributed by atoms with Gasteiger partial charge in [-0.05, 0) is 51.0 Å². The smallest absolute Gasteiger partial charge is 0.155 e. The molecule has 0 aromatic heterocycles. The monoisotopic (exact) mass is 205 g/mol. The van der Waals surface area contributed by atoms with Crippen molar-refractivity contribution in [3.8, 4) is 0 Å². The van der Waals surface area contributed by atoms with Crippen LogP contribution in [0.15, 0.2) is 0 Å². The lowest BCUT2D eigenvalue weighted by Gasteiger charge is -2.30. The lowest BCUT2D eigenvalue weighted by molar-refractivity contribution is 0.274. The molecule has 0 aromatic carbocycles. The minimum Gasteiger partial charge on any atom is -0.330 e. The summed E-state index contributed by atoms with van der Waals surface area (Å²) in [4.78, 5) is 0. The Bertz CT molecular complexity index is 178. The van der Waals surface area contributed by atoms with Crippen LogP contribution in [-0.4, -0.2) is 20.6 Å². The van der Waals surface area contributed by atoms with E-state index in [0.29, 0.717) is 11.8 Å². The second-order valence-corrected chi connectivity index (χ2v) is 5.29. The predicted molar refractivity (Wildman–Crippen MR) is 54.7 cm³/mol. The first kappa shape index (κ1) is 11.1. The van der Waals surface area contributed by atoms with E-state index in [4.69, 9.17) is 10.3 Å². The van der Waals surface area contributed by atoms with E-state index >= 15 is 0 Å². The number of nitrogens with two attached hydrogens (primary N) is 1. The van der Waals surface area contributed by atoms with E-state index in [1.54, 1.807) is 0 Å². The topological polar surface area (TPSA) is 63.3 Å². The van der Waals surface area contributed by atoms with Crippen molar-refractivity contribution < 1.29 is 8.76 Å². The summed E-state index contributed by atoms with van der Waals surface area (Å²) >= 11 is -1.65. The maximum absolute atomic E-state index is 10.8. The molecule has 3 N–H and O–H groups in total. The zero-order valence-corrected chi connectivity index (χ0v) is 8.93. The van der Waals surface area contributed by atoms with Crippen LogP contribution in [0, 0.1) is 11.8 Å². The molecule has 1 rings (SSSR count). The predicted octanol–water partition coefficient (Wildman–Crippen LogP) is 1.36. The molecular formula is C9H19NO2S. The highest BCUT2D eigenvalue weighted by molar-refractivity contribution is 7.79. The first-order valence-corrected chi connectivity index (χ1v) is 6.12. The van der Waals surface area contributed by atoms with Gasteiger partial charge in [0.1, 0.15) is 0 Å². The van der Waals surface area contributed by atoms with Crippen molar-refractivity contribution in [1.82, 2.24) is 0 Å². The third kappa shape index (κ3) is 3.04. The van der Waals surface area contributed by atoms with Crippen molar-refractivity contribution in [2.75, 3.05) is 6.54 Å². The molecule has 0 radical (unpaired) electrons. The Kier molecular flexibility index (Phi) is 4.35. The Morgan fingerprint density at radius 2 is 2.00 bits per heavy atom. The number of rotatable bonds is 3. The fourth-order valence-electron chi connectivity index (χ4n) is 2.06. The van der Waals surface area contributed by atoms with E-state index in [0.717, 1.165) is 32.2 Å². The van der Waals surface area contributed by atoms with Crippen molar-refractivity contribution in [2.24, 2.45) is 17.6 Å². The maximum atomic E-state index is 10.8. The number of hydrogen-bond donors (Lipinski definition) is 2. The average molecular weight is 205 g/mol. The summed E-state index contributed by atoms with van der Waals surface area (Å²) in [5, 5.41) is -0.0706. The summed E-state index contributed by atoms with van der Waals surface area (Å²) in [5.41, 5.74) is 5.58. The Morgan fingerprint density at radius 3 is 2.38 bits per heavy atom. The van der Waals surface area contributed by atoms with Crippen LogP contribution in [-0.2, 0) is 11.1 Å². The highest BCUT2D eigenvalue weighted by atomic mass is 32.2. The van der Waals surface area contributed by atoms with Crippen LogP contribution in [0.5, 0.6) is 0 Å². The molecule has 1 aliphatic rings. The average Bonchev–Trinajstić information content (AvgIpc) is 2.17. The molecule has 0 bridgehead atoms. The second kappa shape index (κ2) is 5.08. The van der Waals surface area contributed by atoms with E-state index in [1.807, 2.05) is 6.92 Å². The molecule has 3 nitrogen and oxygen atoms in total. The van der Waals surface area contributed by atoms with Crippen LogP contribution < -0.4 is 5.73 Å². The highest BCUT2D eigenvalue weighted by Crippen LogP contribution is 2.31. The van der Waals surface area contributed by atoms with Gasteiger partial charge in [-0.3, -0.25) is 0 Å². The van der Waals surface area contributed by atoms with Crippen molar-refractivity contribution >= 4 is 11.1 Å². The van der Waals surface area contributed by atoms with Crippen LogP contribution >= 0.6 is 0 Å². The molecule has 2 unspecified atom stereocenters. The van der Waals surface area contributed by atoms with E-state index in [1.165, 1.54) is 0 Å². The molecule has 1 saturated carbocycles. The van der Waals surface area contributed by atoms with Crippen LogP contribution in [0.4, 0.5) is 0 Å². The van der Waals surface area contributed by atoms with Crippen molar-refractivity contribution in [2.45, 2.75) is 37.9 Å². The molecule has 78 valence electrons. The van der Waals surface area contributed by atoms with E-state index in [-0.39, 0.29) is 5.25 Å². The van der Waals surface area contributed by atoms with Crippen molar-refractivity contribution in [1.29, 1.82) is 0 Å². The van der Waals surface area contributed by atoms with Gasteiger partial charge in [-0.1, -0.05) is 0 Å². The molecule has 0 saturated heterocycles. The summed E-state index contributed by atoms with van der Waals surface area (Å²) in [7, 11) is 0. The summed E-state index contributed by atoms with van der Waals surface area (Å²) in [6.45, 7) is 2.63. The first-order chi connectivity index (χ1) is 6.15. The van der Waals surface area contributed by atoms with Gasteiger partial charge in [-0.2, -0.15) is 0 Å². The minimum absolute atomic E-state index is 0.0706. The standard InChI is InChI=1S/C9H19NO2S/c1-7(13(11)12)9-4-2-8(6-10)3-5-9/h7-9H,2-6,10H2,1H3,(H,11,12). The zero-order valence-electron chi connectivity index (χ0n) is 8.11. The maximum Gasteiger partial charge on any atom is 0.155 e. The van der Waals surface area contributed by atoms with Gasteiger partial charge in [-0.15, -0.1) is 0 Å². The Balaban J connectivity index is 2.36. The Morgan fingerprint density at radius 1 is 1.46 bits per heavy atom. The molecule has 13 heavy (non-hydrogen) atoms. The summed E-state index contributed by atoms with van der Waals surface area (Å²) in [5.74, 6) is 1.07. The van der Waals surface area contributed by atoms with Crippen LogP contribution in [0.25, 0.3) is 0 Å². The quantitative estimate of drug-likeness (QED) is 0.684. The molecule has 1 aliphatic carbocycles. The molecule has 2 atom stereocenters. The van der Waals surface area contributed by atoms with Crippen molar-refractivity contribution in [3.63, 3.8) is 0 Å². The lowest BCUT2D eigenvalue weighted by Crippen LogP contribution is -2.29. The summed E-state index contributed by atoms with van der Waals surface area (Å²) in [6.07, 6.45) is 4.38. The van der Waals surface area contributed by atoms with Crippen LogP contribution in [0.2, 0.25) is 0 Å². The zero-order chi connectivity index (χ0) is 9.84. The Labute approximate surface area is 82.4 Å². The SMILES string of the molecule is CC(C1CCC(CN)CC1)S(=O)O. The molecule has 4 heteroatoms. The fraction of sp³-hybridized carbons (Fsp3) is 1.00. The molecule has 0 aromatic rings. The normalized spacial score (nSPS) is 34.1. The van der Waals surface area contributed by atoms with Gasteiger partial charge in [-0.25, -0.2) is 4.21 Å². The molecule has 0 aliphatic heterocycles. The highest BCUT2D eigenvalue weighted by Gasteiger charge is 2.27. The number of hydrogen-bond acceptors (Lipinski definition) is 2. The molecule has 0 spiro atoms. The van der Waals surface area contributed by atoms with E-state index in [2.05, 4.69) is 0 Å². The fourth-order valence-corrected chi connectivity index (χ4v) is 2.66. The molecule has 1 fully saturated rings. The third-order valence-corrected chi connectivity index (χ3v) is 4.23.